The predicted octanol–water partition coefficient (Wildman–Crippen LogP) is 5.19. The summed E-state index contributed by atoms with van der Waals surface area (Å²) < 4.78 is 0. The lowest BCUT2D eigenvalue weighted by atomic mass is 10.0. The van der Waals surface area contributed by atoms with Gasteiger partial charge in [0, 0.05) is 0 Å². The zero-order valence-electron chi connectivity index (χ0n) is 10.3. The molecule has 1 aromatic rings. The minimum Gasteiger partial charge on any atom is -0.0622 e. The van der Waals surface area contributed by atoms with E-state index in [1.54, 1.807) is 0 Å². The molecule has 0 saturated heterocycles. The summed E-state index contributed by atoms with van der Waals surface area (Å²) >= 11 is 0. The summed E-state index contributed by atoms with van der Waals surface area (Å²) in [5.41, 5.74) is 1.36. The highest BCUT2D eigenvalue weighted by Gasteiger charge is 1.93. The SMILES string of the molecule is [CH2]CCCCCCCC[CH]c1ccccc1. The van der Waals surface area contributed by atoms with Crippen LogP contribution in [0.4, 0.5) is 0 Å². The average molecular weight is 216 g/mol. The fraction of sp³-hybridized carbons (Fsp3) is 0.500. The molecule has 0 heteroatoms. The average Bonchev–Trinajstić information content (AvgIpc) is 2.34. The third kappa shape index (κ3) is 6.66. The van der Waals surface area contributed by atoms with E-state index in [1.807, 2.05) is 0 Å². The zero-order chi connectivity index (χ0) is 11.5. The van der Waals surface area contributed by atoms with E-state index in [4.69, 9.17) is 0 Å². The molecule has 2 radical (unpaired) electrons. The molecule has 16 heavy (non-hydrogen) atoms. The van der Waals surface area contributed by atoms with Gasteiger partial charge in [-0.2, -0.15) is 0 Å². The van der Waals surface area contributed by atoms with Crippen molar-refractivity contribution in [2.24, 2.45) is 0 Å². The predicted molar refractivity (Wildman–Crippen MR) is 72.1 cm³/mol. The zero-order valence-corrected chi connectivity index (χ0v) is 10.3. The molecular formula is C16H24. The summed E-state index contributed by atoms with van der Waals surface area (Å²) in [7, 11) is 0. The Morgan fingerprint density at radius 2 is 1.44 bits per heavy atom. The molecule has 0 heterocycles. The molecular weight excluding hydrogens is 192 g/mol. The quantitative estimate of drug-likeness (QED) is 0.498. The maximum Gasteiger partial charge on any atom is -0.00931 e. The summed E-state index contributed by atoms with van der Waals surface area (Å²) in [4.78, 5) is 0. The maximum atomic E-state index is 3.86. The molecule has 0 fully saturated rings. The molecule has 0 atom stereocenters. The van der Waals surface area contributed by atoms with Gasteiger partial charge < -0.3 is 0 Å². The first kappa shape index (κ1) is 13.3. The van der Waals surface area contributed by atoms with Crippen molar-refractivity contribution in [2.75, 3.05) is 0 Å². The number of unbranched alkanes of at least 4 members (excludes halogenated alkanes) is 7. The molecule has 0 aliphatic rings. The van der Waals surface area contributed by atoms with Crippen LogP contribution in [0.2, 0.25) is 0 Å². The van der Waals surface area contributed by atoms with Crippen LogP contribution >= 0.6 is 0 Å². The van der Waals surface area contributed by atoms with Gasteiger partial charge in [0.05, 0.1) is 0 Å². The van der Waals surface area contributed by atoms with E-state index in [0.717, 1.165) is 6.42 Å². The van der Waals surface area contributed by atoms with Gasteiger partial charge in [0.2, 0.25) is 0 Å². The van der Waals surface area contributed by atoms with Crippen LogP contribution in [-0.2, 0) is 0 Å². The van der Waals surface area contributed by atoms with Gasteiger partial charge in [0.1, 0.15) is 0 Å². The van der Waals surface area contributed by atoms with Crippen LogP contribution in [0.25, 0.3) is 0 Å². The fourth-order valence-electron chi connectivity index (χ4n) is 1.89. The lowest BCUT2D eigenvalue weighted by molar-refractivity contribution is 0.596. The number of hydrogen-bond acceptors (Lipinski definition) is 0. The minimum absolute atomic E-state index is 1.10. The molecule has 0 aliphatic carbocycles. The summed E-state index contributed by atoms with van der Waals surface area (Å²) in [6.07, 6.45) is 12.8. The molecule has 1 rings (SSSR count). The summed E-state index contributed by atoms with van der Waals surface area (Å²) in [6.45, 7) is 3.86. The Labute approximate surface area is 101 Å². The molecule has 88 valence electrons. The maximum absolute atomic E-state index is 3.86. The number of hydrogen-bond donors (Lipinski definition) is 0. The topological polar surface area (TPSA) is 0 Å². The first-order valence-electron chi connectivity index (χ1n) is 6.61. The molecule has 0 nitrogen and oxygen atoms in total. The standard InChI is InChI=1S/C16H24/c1-2-3-4-5-6-7-8-10-13-16-14-11-9-12-15-16/h9,11-15H,1-8,10H2. The Bertz CT molecular complexity index is 237. The smallest absolute Gasteiger partial charge is 0.00931 e. The van der Waals surface area contributed by atoms with Crippen LogP contribution < -0.4 is 0 Å². The lowest BCUT2D eigenvalue weighted by Gasteiger charge is -2.01. The van der Waals surface area contributed by atoms with Crippen molar-refractivity contribution in [1.29, 1.82) is 0 Å². The highest BCUT2D eigenvalue weighted by atomic mass is 14.0. The molecule has 0 aromatic heterocycles. The monoisotopic (exact) mass is 216 g/mol. The molecule has 0 unspecified atom stereocenters. The first-order chi connectivity index (χ1) is 7.93. The second-order valence-electron chi connectivity index (χ2n) is 4.38. The van der Waals surface area contributed by atoms with Gasteiger partial charge in [-0.25, -0.2) is 0 Å². The van der Waals surface area contributed by atoms with Crippen molar-refractivity contribution in [2.45, 2.75) is 51.4 Å². The van der Waals surface area contributed by atoms with E-state index in [9.17, 15) is 0 Å². The van der Waals surface area contributed by atoms with Gasteiger partial charge >= 0.3 is 0 Å². The van der Waals surface area contributed by atoms with Crippen molar-refractivity contribution in [1.82, 2.24) is 0 Å². The largest absolute Gasteiger partial charge is 0.0622 e. The molecule has 0 spiro atoms. The van der Waals surface area contributed by atoms with E-state index in [0.29, 0.717) is 0 Å². The Morgan fingerprint density at radius 3 is 2.12 bits per heavy atom. The van der Waals surface area contributed by atoms with Gasteiger partial charge in [0.15, 0.2) is 0 Å². The Kier molecular flexibility index (Phi) is 7.84. The first-order valence-corrected chi connectivity index (χ1v) is 6.61. The molecule has 0 bridgehead atoms. The van der Waals surface area contributed by atoms with Crippen molar-refractivity contribution >= 4 is 0 Å². The van der Waals surface area contributed by atoms with Gasteiger partial charge in [-0.3, -0.25) is 0 Å². The van der Waals surface area contributed by atoms with Crippen LogP contribution in [0.15, 0.2) is 30.3 Å². The van der Waals surface area contributed by atoms with Gasteiger partial charge in [0.25, 0.3) is 0 Å². The molecule has 0 amide bonds. The highest BCUT2D eigenvalue weighted by Crippen LogP contribution is 2.12. The van der Waals surface area contributed by atoms with Crippen LogP contribution in [0.3, 0.4) is 0 Å². The Morgan fingerprint density at radius 1 is 0.812 bits per heavy atom. The lowest BCUT2D eigenvalue weighted by Crippen LogP contribution is -1.83. The van der Waals surface area contributed by atoms with Crippen LogP contribution in [0.5, 0.6) is 0 Å². The van der Waals surface area contributed by atoms with Gasteiger partial charge in [-0.15, -0.1) is 0 Å². The third-order valence-electron chi connectivity index (χ3n) is 2.88. The van der Waals surface area contributed by atoms with Crippen LogP contribution in [-0.4, -0.2) is 0 Å². The third-order valence-corrected chi connectivity index (χ3v) is 2.88. The van der Waals surface area contributed by atoms with E-state index in [1.165, 1.54) is 50.5 Å². The number of rotatable bonds is 9. The van der Waals surface area contributed by atoms with E-state index < -0.39 is 0 Å². The van der Waals surface area contributed by atoms with Crippen molar-refractivity contribution < 1.29 is 0 Å². The molecule has 0 N–H and O–H groups in total. The van der Waals surface area contributed by atoms with Crippen molar-refractivity contribution in [3.8, 4) is 0 Å². The van der Waals surface area contributed by atoms with Gasteiger partial charge in [-0.1, -0.05) is 82.2 Å². The summed E-state index contributed by atoms with van der Waals surface area (Å²) in [6, 6.07) is 10.6. The van der Waals surface area contributed by atoms with Crippen molar-refractivity contribution in [3.63, 3.8) is 0 Å². The molecule has 0 saturated carbocycles. The highest BCUT2D eigenvalue weighted by molar-refractivity contribution is 5.21. The van der Waals surface area contributed by atoms with E-state index >= 15 is 0 Å². The Hall–Kier alpha value is -0.780. The van der Waals surface area contributed by atoms with Crippen LogP contribution in [0.1, 0.15) is 56.9 Å². The molecule has 0 aliphatic heterocycles. The number of benzene rings is 1. The molecule has 1 aromatic carbocycles. The second kappa shape index (κ2) is 9.45. The normalized spacial score (nSPS) is 10.6. The fourth-order valence-corrected chi connectivity index (χ4v) is 1.89. The van der Waals surface area contributed by atoms with Crippen LogP contribution in [0, 0.1) is 13.3 Å². The van der Waals surface area contributed by atoms with E-state index in [-0.39, 0.29) is 0 Å². The minimum atomic E-state index is 1.10. The Balaban J connectivity index is 1.89. The summed E-state index contributed by atoms with van der Waals surface area (Å²) in [5.74, 6) is 0. The van der Waals surface area contributed by atoms with Gasteiger partial charge in [-0.05, 0) is 18.4 Å². The summed E-state index contributed by atoms with van der Waals surface area (Å²) in [5, 5.41) is 0. The van der Waals surface area contributed by atoms with E-state index in [2.05, 4.69) is 43.7 Å². The van der Waals surface area contributed by atoms with Crippen molar-refractivity contribution in [3.05, 3.63) is 49.2 Å². The second-order valence-corrected chi connectivity index (χ2v) is 4.38.